The standard InChI is InChI=1S/C19H23N7/c1-15-7-9-20-18(11-15)21-12-16-8-10-25(13-16)14-19-22-23-24-26(19)17-5-3-2-4-6-17/h2-7,9,11,16H,8,10,12-14H2,1H3,(H,20,21)/t16-/m1/s1. The molecule has 0 saturated carbocycles. The first kappa shape index (κ1) is 16.7. The van der Waals surface area contributed by atoms with Crippen molar-refractivity contribution in [2.75, 3.05) is 25.0 Å². The number of benzene rings is 1. The minimum absolute atomic E-state index is 0.610. The Hall–Kier alpha value is -2.80. The minimum Gasteiger partial charge on any atom is -0.370 e. The van der Waals surface area contributed by atoms with Gasteiger partial charge in [0.2, 0.25) is 0 Å². The Bertz CT molecular complexity index is 846. The highest BCUT2D eigenvalue weighted by Gasteiger charge is 2.24. The Morgan fingerprint density at radius 3 is 2.92 bits per heavy atom. The number of anilines is 1. The summed E-state index contributed by atoms with van der Waals surface area (Å²) in [6.45, 7) is 5.90. The second-order valence-electron chi connectivity index (χ2n) is 6.83. The smallest absolute Gasteiger partial charge is 0.170 e. The van der Waals surface area contributed by atoms with Gasteiger partial charge in [0, 0.05) is 19.3 Å². The lowest BCUT2D eigenvalue weighted by Gasteiger charge is -2.16. The Morgan fingerprint density at radius 1 is 1.19 bits per heavy atom. The molecule has 134 valence electrons. The molecule has 1 fully saturated rings. The molecule has 1 aliphatic heterocycles. The van der Waals surface area contributed by atoms with Crippen LogP contribution in [0.2, 0.25) is 0 Å². The van der Waals surface area contributed by atoms with Crippen LogP contribution in [0.3, 0.4) is 0 Å². The van der Waals surface area contributed by atoms with Gasteiger partial charge in [-0.05, 0) is 66.1 Å². The number of likely N-dealkylation sites (tertiary alicyclic amines) is 1. The number of aryl methyl sites for hydroxylation is 1. The van der Waals surface area contributed by atoms with Gasteiger partial charge in [0.15, 0.2) is 5.82 Å². The molecule has 0 unspecified atom stereocenters. The summed E-state index contributed by atoms with van der Waals surface area (Å²) in [6.07, 6.45) is 3.02. The largest absolute Gasteiger partial charge is 0.370 e. The van der Waals surface area contributed by atoms with E-state index in [1.165, 1.54) is 12.0 Å². The molecule has 2 aromatic heterocycles. The van der Waals surface area contributed by atoms with Crippen molar-refractivity contribution >= 4 is 5.82 Å². The second-order valence-corrected chi connectivity index (χ2v) is 6.83. The van der Waals surface area contributed by atoms with Crippen molar-refractivity contribution in [2.45, 2.75) is 19.9 Å². The second kappa shape index (κ2) is 7.61. The van der Waals surface area contributed by atoms with Crippen LogP contribution in [0.1, 0.15) is 17.8 Å². The summed E-state index contributed by atoms with van der Waals surface area (Å²) in [7, 11) is 0. The van der Waals surface area contributed by atoms with E-state index >= 15 is 0 Å². The minimum atomic E-state index is 0.610. The van der Waals surface area contributed by atoms with Gasteiger partial charge >= 0.3 is 0 Å². The molecular formula is C19H23N7. The maximum Gasteiger partial charge on any atom is 0.170 e. The fourth-order valence-electron chi connectivity index (χ4n) is 3.38. The highest BCUT2D eigenvalue weighted by Crippen LogP contribution is 2.19. The van der Waals surface area contributed by atoms with Crippen LogP contribution in [-0.2, 0) is 6.54 Å². The van der Waals surface area contributed by atoms with Crippen LogP contribution in [0.15, 0.2) is 48.7 Å². The molecule has 7 heteroatoms. The van der Waals surface area contributed by atoms with Crippen molar-refractivity contribution in [3.8, 4) is 5.69 Å². The van der Waals surface area contributed by atoms with E-state index in [1.807, 2.05) is 47.3 Å². The van der Waals surface area contributed by atoms with E-state index in [9.17, 15) is 0 Å². The maximum atomic E-state index is 4.37. The molecule has 0 radical (unpaired) electrons. The van der Waals surface area contributed by atoms with Crippen LogP contribution in [0.25, 0.3) is 5.69 Å². The normalized spacial score (nSPS) is 17.5. The molecule has 1 N–H and O–H groups in total. The van der Waals surface area contributed by atoms with E-state index in [4.69, 9.17) is 0 Å². The molecule has 0 amide bonds. The van der Waals surface area contributed by atoms with E-state index < -0.39 is 0 Å². The molecular weight excluding hydrogens is 326 g/mol. The number of tetrazole rings is 1. The summed E-state index contributed by atoms with van der Waals surface area (Å²) < 4.78 is 1.82. The predicted octanol–water partition coefficient (Wildman–Crippen LogP) is 2.30. The molecule has 3 aromatic rings. The van der Waals surface area contributed by atoms with E-state index in [0.717, 1.165) is 43.5 Å². The molecule has 1 aliphatic rings. The van der Waals surface area contributed by atoms with Crippen molar-refractivity contribution in [1.29, 1.82) is 0 Å². The number of nitrogens with one attached hydrogen (secondary N) is 1. The van der Waals surface area contributed by atoms with Crippen molar-refractivity contribution < 1.29 is 0 Å². The Balaban J connectivity index is 1.33. The maximum absolute atomic E-state index is 4.37. The number of hydrogen-bond acceptors (Lipinski definition) is 6. The van der Waals surface area contributed by atoms with Crippen LogP contribution in [-0.4, -0.2) is 49.7 Å². The van der Waals surface area contributed by atoms with Crippen molar-refractivity contribution in [3.05, 3.63) is 60.0 Å². The summed E-state index contributed by atoms with van der Waals surface area (Å²) in [6, 6.07) is 14.1. The molecule has 1 saturated heterocycles. The monoisotopic (exact) mass is 349 g/mol. The third-order valence-electron chi connectivity index (χ3n) is 4.76. The van der Waals surface area contributed by atoms with Crippen LogP contribution < -0.4 is 5.32 Å². The molecule has 1 aromatic carbocycles. The first-order chi connectivity index (χ1) is 12.8. The number of nitrogens with zero attached hydrogens (tertiary/aromatic N) is 6. The number of pyridine rings is 1. The van der Waals surface area contributed by atoms with Gasteiger partial charge < -0.3 is 5.32 Å². The lowest BCUT2D eigenvalue weighted by molar-refractivity contribution is 0.307. The average molecular weight is 349 g/mol. The molecule has 0 spiro atoms. The molecule has 1 atom stereocenters. The van der Waals surface area contributed by atoms with Gasteiger partial charge in [0.05, 0.1) is 12.2 Å². The van der Waals surface area contributed by atoms with Gasteiger partial charge in [-0.1, -0.05) is 18.2 Å². The average Bonchev–Trinajstić information content (AvgIpc) is 3.31. The summed E-state index contributed by atoms with van der Waals surface area (Å²) in [4.78, 5) is 6.79. The van der Waals surface area contributed by atoms with Crippen molar-refractivity contribution in [3.63, 3.8) is 0 Å². The SMILES string of the molecule is Cc1ccnc(NC[C@H]2CCN(Cc3nnnn3-c3ccccc3)C2)c1. The van der Waals surface area contributed by atoms with Crippen molar-refractivity contribution in [1.82, 2.24) is 30.1 Å². The molecule has 0 aliphatic carbocycles. The third-order valence-corrected chi connectivity index (χ3v) is 4.76. The quantitative estimate of drug-likeness (QED) is 0.736. The number of rotatable bonds is 6. The first-order valence-electron chi connectivity index (χ1n) is 8.99. The molecule has 4 rings (SSSR count). The molecule has 0 bridgehead atoms. The zero-order valence-electron chi connectivity index (χ0n) is 14.9. The van der Waals surface area contributed by atoms with Gasteiger partial charge in [-0.3, -0.25) is 4.90 Å². The Morgan fingerprint density at radius 2 is 2.08 bits per heavy atom. The lowest BCUT2D eigenvalue weighted by atomic mass is 10.1. The van der Waals surface area contributed by atoms with Gasteiger partial charge in [-0.25, -0.2) is 4.98 Å². The summed E-state index contributed by atoms with van der Waals surface area (Å²) in [5, 5.41) is 15.7. The van der Waals surface area contributed by atoms with E-state index in [2.05, 4.69) is 43.7 Å². The summed E-state index contributed by atoms with van der Waals surface area (Å²) in [5.74, 6) is 2.44. The van der Waals surface area contributed by atoms with Gasteiger partial charge in [0.1, 0.15) is 5.82 Å². The molecule has 7 nitrogen and oxygen atoms in total. The zero-order chi connectivity index (χ0) is 17.8. The fourth-order valence-corrected chi connectivity index (χ4v) is 3.38. The Labute approximate surface area is 153 Å². The van der Waals surface area contributed by atoms with Crippen LogP contribution in [0.5, 0.6) is 0 Å². The molecule has 3 heterocycles. The number of hydrogen-bond donors (Lipinski definition) is 1. The van der Waals surface area contributed by atoms with E-state index in [0.29, 0.717) is 5.92 Å². The van der Waals surface area contributed by atoms with Crippen LogP contribution >= 0.6 is 0 Å². The van der Waals surface area contributed by atoms with E-state index in [-0.39, 0.29) is 0 Å². The van der Waals surface area contributed by atoms with Crippen LogP contribution in [0.4, 0.5) is 5.82 Å². The number of aromatic nitrogens is 5. The van der Waals surface area contributed by atoms with Gasteiger partial charge in [-0.15, -0.1) is 5.10 Å². The molecule has 26 heavy (non-hydrogen) atoms. The topological polar surface area (TPSA) is 71.8 Å². The third kappa shape index (κ3) is 3.88. The Kier molecular flexibility index (Phi) is 4.88. The highest BCUT2D eigenvalue weighted by molar-refractivity contribution is 5.37. The predicted molar refractivity (Wildman–Crippen MR) is 100 cm³/mol. The van der Waals surface area contributed by atoms with Crippen molar-refractivity contribution in [2.24, 2.45) is 5.92 Å². The first-order valence-corrected chi connectivity index (χ1v) is 8.99. The highest BCUT2D eigenvalue weighted by atomic mass is 15.5. The van der Waals surface area contributed by atoms with Crippen LogP contribution in [0, 0.1) is 12.8 Å². The lowest BCUT2D eigenvalue weighted by Crippen LogP contribution is -2.24. The summed E-state index contributed by atoms with van der Waals surface area (Å²) >= 11 is 0. The number of para-hydroxylation sites is 1. The van der Waals surface area contributed by atoms with Gasteiger partial charge in [0.25, 0.3) is 0 Å². The fraction of sp³-hybridized carbons (Fsp3) is 0.368. The van der Waals surface area contributed by atoms with Gasteiger partial charge in [-0.2, -0.15) is 4.68 Å². The zero-order valence-corrected chi connectivity index (χ0v) is 14.9. The summed E-state index contributed by atoms with van der Waals surface area (Å²) in [5.41, 5.74) is 2.22. The van der Waals surface area contributed by atoms with E-state index in [1.54, 1.807) is 0 Å².